The van der Waals surface area contributed by atoms with E-state index in [0.29, 0.717) is 41.9 Å². The van der Waals surface area contributed by atoms with Crippen molar-refractivity contribution in [1.82, 2.24) is 39.9 Å². The van der Waals surface area contributed by atoms with Gasteiger partial charge in [-0.3, -0.25) is 53.0 Å². The number of methoxy groups -OCH3 is 2. The summed E-state index contributed by atoms with van der Waals surface area (Å²) in [6.07, 6.45) is 8.06. The van der Waals surface area contributed by atoms with E-state index in [-0.39, 0.29) is 38.8 Å². The lowest BCUT2D eigenvalue weighted by Gasteiger charge is -2.42. The third-order valence-electron chi connectivity index (χ3n) is 10.8. The van der Waals surface area contributed by atoms with Crippen molar-refractivity contribution in [2.45, 2.75) is 83.5 Å². The van der Waals surface area contributed by atoms with Gasteiger partial charge in [-0.05, 0) is 69.8 Å². The van der Waals surface area contributed by atoms with Gasteiger partial charge in [0.15, 0.2) is 11.5 Å². The number of ether oxygens (including phenoxy) is 3. The van der Waals surface area contributed by atoms with E-state index in [0.717, 1.165) is 73.4 Å². The highest BCUT2D eigenvalue weighted by Crippen LogP contribution is 2.33. The normalized spacial score (nSPS) is 15.1. The van der Waals surface area contributed by atoms with Crippen molar-refractivity contribution in [3.8, 4) is 11.5 Å². The molecule has 0 spiro atoms. The number of aliphatic carboxylic acids is 5. The van der Waals surface area contributed by atoms with Gasteiger partial charge in [-0.25, -0.2) is 0 Å². The van der Waals surface area contributed by atoms with Crippen molar-refractivity contribution < 1.29 is 68.5 Å². The topological polar surface area (TPSA) is 287 Å². The largest absolute Gasteiger partial charge is 0.493 e. The fraction of sp³-hybridized carbons (Fsp3) is 0.659. The molecule has 2 atom stereocenters. The smallest absolute Gasteiger partial charge is 0.317 e. The van der Waals surface area contributed by atoms with Gasteiger partial charge in [-0.2, -0.15) is 0 Å². The third kappa shape index (κ3) is 18.1. The van der Waals surface area contributed by atoms with Crippen LogP contribution in [0.1, 0.15) is 74.0 Å². The average Bonchev–Trinajstić information content (AvgIpc) is 3.87. The number of amides is 1. The maximum absolute atomic E-state index is 13.3. The molecule has 0 radical (unpaired) electrons. The Morgan fingerprint density at radius 1 is 0.841 bits per heavy atom. The monoisotopic (exact) mass is 892 g/mol. The second kappa shape index (κ2) is 26.3. The van der Waals surface area contributed by atoms with Crippen molar-refractivity contribution in [3.63, 3.8) is 0 Å². The first-order valence-corrected chi connectivity index (χ1v) is 21.0. The molecule has 6 N–H and O–H groups in total. The SMILES string of the molecule is CCN1CCC[C@H]1CNC(=O)c1cc(CCCCCCn2cc(COCC(C)(CN(CCN(CC(=O)O)CC(=O)O)CC(=O)O)N(CC(=O)O)CC(=O)O)nn2)cc(OC)c1OC. The fourth-order valence-corrected chi connectivity index (χ4v) is 7.80. The number of unbranched alkanes of at least 4 members (excludes halogenated alkanes) is 3. The van der Waals surface area contributed by atoms with Gasteiger partial charge in [0, 0.05) is 38.8 Å². The van der Waals surface area contributed by atoms with E-state index in [4.69, 9.17) is 14.2 Å². The Kier molecular flexibility index (Phi) is 21.6. The summed E-state index contributed by atoms with van der Waals surface area (Å²) < 4.78 is 18.8. The van der Waals surface area contributed by atoms with E-state index in [1.165, 1.54) is 18.9 Å². The summed E-state index contributed by atoms with van der Waals surface area (Å²) >= 11 is 0. The number of likely N-dealkylation sites (N-methyl/N-ethyl adjacent to an activating group) is 1. The molecular formula is C41H64N8O14. The van der Waals surface area contributed by atoms with Crippen molar-refractivity contribution >= 4 is 35.8 Å². The van der Waals surface area contributed by atoms with Crippen LogP contribution in [0.2, 0.25) is 0 Å². The molecule has 1 aliphatic rings. The molecule has 1 amide bonds. The molecule has 2 aromatic rings. The number of aromatic nitrogens is 3. The number of likely N-dealkylation sites (tertiary alicyclic amines) is 1. The van der Waals surface area contributed by atoms with Gasteiger partial charge in [0.2, 0.25) is 0 Å². The molecule has 0 saturated carbocycles. The molecule has 1 saturated heterocycles. The highest BCUT2D eigenvalue weighted by atomic mass is 16.5. The number of aryl methyl sites for hydroxylation is 2. The summed E-state index contributed by atoms with van der Waals surface area (Å²) in [4.78, 5) is 77.4. The zero-order valence-corrected chi connectivity index (χ0v) is 36.7. The number of benzene rings is 1. The van der Waals surface area contributed by atoms with E-state index in [1.54, 1.807) is 18.0 Å². The highest BCUT2D eigenvalue weighted by molar-refractivity contribution is 5.98. The van der Waals surface area contributed by atoms with E-state index in [9.17, 15) is 54.3 Å². The van der Waals surface area contributed by atoms with Crippen LogP contribution in [0.3, 0.4) is 0 Å². The molecule has 2 heterocycles. The molecule has 22 nitrogen and oxygen atoms in total. The molecule has 63 heavy (non-hydrogen) atoms. The Hall–Kier alpha value is -5.42. The first-order chi connectivity index (χ1) is 30.0. The summed E-state index contributed by atoms with van der Waals surface area (Å²) in [6.45, 7) is 2.58. The standard InChI is InChI=1S/C41H64N8O14/c1-5-47-13-10-12-31(47)19-42-40(60)32-17-29(18-33(61-3)39(32)62-4)11-8-6-7-9-14-49-20-30(43-44-49)26-63-28-41(2,48(24-37(56)57)25-38(58)59)27-46(23-36(54)55)16-15-45(21-34(50)51)22-35(52)53/h17-18,20,31H,5-16,19,21-28H2,1-4H3,(H,42,60)(H,50,51)(H,52,53)(H,54,55)(H,56,57)(H,58,59)/t31-,41?/m0/s1. The second-order valence-electron chi connectivity index (χ2n) is 15.9. The van der Waals surface area contributed by atoms with Crippen LogP contribution in [0.4, 0.5) is 0 Å². The highest BCUT2D eigenvalue weighted by Gasteiger charge is 2.37. The Bertz CT molecular complexity index is 1800. The van der Waals surface area contributed by atoms with Crippen LogP contribution in [0, 0.1) is 0 Å². The number of hydrogen-bond acceptors (Lipinski definition) is 15. The van der Waals surface area contributed by atoms with Crippen molar-refractivity contribution in [3.05, 3.63) is 35.2 Å². The zero-order chi connectivity index (χ0) is 46.5. The molecule has 1 unspecified atom stereocenters. The van der Waals surface area contributed by atoms with Gasteiger partial charge < -0.3 is 45.1 Å². The number of rotatable bonds is 33. The number of carbonyl (C=O) groups excluding carboxylic acids is 1. The number of carboxylic acid groups (broad SMARTS) is 5. The Balaban J connectivity index is 1.57. The van der Waals surface area contributed by atoms with Gasteiger partial charge in [0.1, 0.15) is 5.69 Å². The van der Waals surface area contributed by atoms with E-state index < -0.39 is 68.1 Å². The van der Waals surface area contributed by atoms with Gasteiger partial charge in [-0.15, -0.1) is 5.10 Å². The van der Waals surface area contributed by atoms with Crippen LogP contribution < -0.4 is 14.8 Å². The van der Waals surface area contributed by atoms with Gasteiger partial charge in [0.05, 0.1) is 77.5 Å². The minimum absolute atomic E-state index is 0.0867. The molecule has 22 heteroatoms. The number of carboxylic acids is 5. The minimum atomic E-state index is -1.41. The number of carbonyl (C=O) groups is 6. The molecular weight excluding hydrogens is 828 g/mol. The van der Waals surface area contributed by atoms with E-state index in [1.807, 2.05) is 12.1 Å². The Morgan fingerprint density at radius 2 is 1.46 bits per heavy atom. The van der Waals surface area contributed by atoms with Gasteiger partial charge >= 0.3 is 29.8 Å². The predicted molar refractivity (Wildman–Crippen MR) is 225 cm³/mol. The lowest BCUT2D eigenvalue weighted by atomic mass is 9.99. The van der Waals surface area contributed by atoms with Gasteiger partial charge in [-0.1, -0.05) is 25.0 Å². The summed E-state index contributed by atoms with van der Waals surface area (Å²) in [5.74, 6) is -5.81. The number of nitrogens with zero attached hydrogens (tertiary/aromatic N) is 7. The molecule has 0 bridgehead atoms. The van der Waals surface area contributed by atoms with E-state index >= 15 is 0 Å². The van der Waals surface area contributed by atoms with E-state index in [2.05, 4.69) is 27.5 Å². The van der Waals surface area contributed by atoms with Crippen LogP contribution in [0.5, 0.6) is 11.5 Å². The Labute approximate surface area is 366 Å². The van der Waals surface area contributed by atoms with Crippen LogP contribution in [0.25, 0.3) is 0 Å². The third-order valence-corrected chi connectivity index (χ3v) is 10.8. The first-order valence-electron chi connectivity index (χ1n) is 21.0. The maximum atomic E-state index is 13.3. The molecule has 1 fully saturated rings. The van der Waals surface area contributed by atoms with Crippen LogP contribution in [-0.2, 0) is 48.3 Å². The first kappa shape index (κ1) is 51.9. The summed E-state index contributed by atoms with van der Waals surface area (Å²) in [7, 11) is 3.07. The molecule has 1 aromatic heterocycles. The summed E-state index contributed by atoms with van der Waals surface area (Å²) in [6, 6.07) is 4.09. The predicted octanol–water partition coefficient (Wildman–Crippen LogP) is 0.917. The molecule has 3 rings (SSSR count). The Morgan fingerprint density at radius 3 is 2.06 bits per heavy atom. The molecule has 0 aliphatic carbocycles. The number of nitrogens with one attached hydrogen (secondary N) is 1. The molecule has 1 aliphatic heterocycles. The minimum Gasteiger partial charge on any atom is -0.493 e. The maximum Gasteiger partial charge on any atom is 0.317 e. The zero-order valence-electron chi connectivity index (χ0n) is 36.7. The lowest BCUT2D eigenvalue weighted by molar-refractivity contribution is -0.148. The summed E-state index contributed by atoms with van der Waals surface area (Å²) in [5, 5.41) is 58.8. The fourth-order valence-electron chi connectivity index (χ4n) is 7.80. The quantitative estimate of drug-likeness (QED) is 0.0543. The van der Waals surface area contributed by atoms with Crippen molar-refractivity contribution in [1.29, 1.82) is 0 Å². The second-order valence-corrected chi connectivity index (χ2v) is 15.9. The van der Waals surface area contributed by atoms with Crippen molar-refractivity contribution in [2.24, 2.45) is 0 Å². The average molecular weight is 893 g/mol. The van der Waals surface area contributed by atoms with Crippen molar-refractivity contribution in [2.75, 3.05) is 92.8 Å². The van der Waals surface area contributed by atoms with Crippen LogP contribution >= 0.6 is 0 Å². The van der Waals surface area contributed by atoms with Crippen LogP contribution in [-0.4, -0.2) is 200 Å². The van der Waals surface area contributed by atoms with Gasteiger partial charge in [0.25, 0.3) is 5.91 Å². The molecule has 352 valence electrons. The summed E-state index contributed by atoms with van der Waals surface area (Å²) in [5.41, 5.74) is 0.439. The van der Waals surface area contributed by atoms with Crippen LogP contribution in [0.15, 0.2) is 18.3 Å². The lowest BCUT2D eigenvalue weighted by Crippen LogP contribution is -2.60. The molecule has 1 aromatic carbocycles. The number of hydrogen-bond donors (Lipinski definition) is 6.